The molecule has 0 aromatic rings. The lowest BCUT2D eigenvalue weighted by atomic mass is 9.86. The number of hydrogen-bond donors (Lipinski definition) is 1. The van der Waals surface area contributed by atoms with Gasteiger partial charge in [-0.15, -0.1) is 0 Å². The molecule has 0 aromatic carbocycles. The Morgan fingerprint density at radius 3 is 2.36 bits per heavy atom. The molecule has 0 amide bonds. The monoisotopic (exact) mass is 197 g/mol. The van der Waals surface area contributed by atoms with Crippen LogP contribution in [0, 0.1) is 11.8 Å². The largest absolute Gasteiger partial charge is 0.317 e. The van der Waals surface area contributed by atoms with Crippen LogP contribution in [0.1, 0.15) is 46.0 Å². The van der Waals surface area contributed by atoms with Gasteiger partial charge >= 0.3 is 0 Å². The summed E-state index contributed by atoms with van der Waals surface area (Å²) < 4.78 is 0. The Hall–Kier alpha value is -0.370. The van der Waals surface area contributed by atoms with Crippen LogP contribution >= 0.6 is 0 Å². The summed E-state index contributed by atoms with van der Waals surface area (Å²) in [6.45, 7) is 6.44. The molecule has 0 unspecified atom stereocenters. The number of carbonyl (C=O) groups excluding carboxylic acids is 1. The van der Waals surface area contributed by atoms with Crippen LogP contribution in [0.25, 0.3) is 0 Å². The van der Waals surface area contributed by atoms with Crippen LogP contribution < -0.4 is 5.32 Å². The van der Waals surface area contributed by atoms with Gasteiger partial charge in [-0.05, 0) is 44.7 Å². The average Bonchev–Trinajstić information content (AvgIpc) is 2.21. The molecule has 0 atom stereocenters. The zero-order chi connectivity index (χ0) is 10.4. The minimum absolute atomic E-state index is 0.324. The first-order valence-electron chi connectivity index (χ1n) is 6.01. The summed E-state index contributed by atoms with van der Waals surface area (Å²) in [4.78, 5) is 11.9. The fourth-order valence-electron chi connectivity index (χ4n) is 2.28. The summed E-state index contributed by atoms with van der Waals surface area (Å²) in [5.41, 5.74) is 0. The Bertz CT molecular complexity index is 169. The summed E-state index contributed by atoms with van der Waals surface area (Å²) in [5.74, 6) is 1.48. The van der Waals surface area contributed by atoms with Crippen molar-refractivity contribution in [2.45, 2.75) is 46.0 Å². The Morgan fingerprint density at radius 2 is 1.86 bits per heavy atom. The van der Waals surface area contributed by atoms with Gasteiger partial charge in [0, 0.05) is 12.3 Å². The molecule has 1 rings (SSSR count). The van der Waals surface area contributed by atoms with Gasteiger partial charge in [0.2, 0.25) is 0 Å². The van der Waals surface area contributed by atoms with Gasteiger partial charge in [-0.3, -0.25) is 4.79 Å². The first-order valence-corrected chi connectivity index (χ1v) is 6.01. The zero-order valence-electron chi connectivity index (χ0n) is 9.51. The molecule has 1 aliphatic rings. The molecule has 0 aromatic heterocycles. The lowest BCUT2D eigenvalue weighted by molar-refractivity contribution is -0.124. The van der Waals surface area contributed by atoms with Crippen molar-refractivity contribution in [3.8, 4) is 0 Å². The topological polar surface area (TPSA) is 29.1 Å². The van der Waals surface area contributed by atoms with E-state index in [1.165, 1.54) is 12.8 Å². The highest BCUT2D eigenvalue weighted by atomic mass is 16.1. The molecule has 14 heavy (non-hydrogen) atoms. The normalized spacial score (nSPS) is 18.8. The van der Waals surface area contributed by atoms with Crippen LogP contribution in [0.5, 0.6) is 0 Å². The van der Waals surface area contributed by atoms with Crippen molar-refractivity contribution in [1.82, 2.24) is 5.32 Å². The molecular formula is C12H23NO. The molecule has 1 N–H and O–H groups in total. The maximum absolute atomic E-state index is 11.9. The van der Waals surface area contributed by atoms with E-state index in [-0.39, 0.29) is 0 Å². The number of hydrogen-bond acceptors (Lipinski definition) is 2. The molecule has 0 bridgehead atoms. The van der Waals surface area contributed by atoms with Gasteiger partial charge in [0.05, 0.1) is 0 Å². The SMILES string of the molecule is CCC(CC)C(=O)CC1CCNCC1. The zero-order valence-corrected chi connectivity index (χ0v) is 9.51. The van der Waals surface area contributed by atoms with E-state index in [9.17, 15) is 4.79 Å². The summed E-state index contributed by atoms with van der Waals surface area (Å²) >= 11 is 0. The Labute approximate surface area is 87.5 Å². The molecule has 1 fully saturated rings. The number of piperidine rings is 1. The Morgan fingerprint density at radius 1 is 1.29 bits per heavy atom. The van der Waals surface area contributed by atoms with Crippen LogP contribution in [0.4, 0.5) is 0 Å². The molecule has 2 nitrogen and oxygen atoms in total. The first kappa shape index (κ1) is 11.7. The number of rotatable bonds is 5. The fraction of sp³-hybridized carbons (Fsp3) is 0.917. The van der Waals surface area contributed by atoms with E-state index in [2.05, 4.69) is 19.2 Å². The standard InChI is InChI=1S/C12H23NO/c1-3-11(4-2)12(14)9-10-5-7-13-8-6-10/h10-11,13H,3-9H2,1-2H3. The van der Waals surface area contributed by atoms with Crippen molar-refractivity contribution >= 4 is 5.78 Å². The molecule has 82 valence electrons. The maximum Gasteiger partial charge on any atom is 0.136 e. The van der Waals surface area contributed by atoms with Crippen molar-refractivity contribution in [2.75, 3.05) is 13.1 Å². The minimum Gasteiger partial charge on any atom is -0.317 e. The lowest BCUT2D eigenvalue weighted by Crippen LogP contribution is -2.30. The second-order valence-electron chi connectivity index (χ2n) is 4.38. The van der Waals surface area contributed by atoms with Crippen molar-refractivity contribution in [3.63, 3.8) is 0 Å². The first-order chi connectivity index (χ1) is 6.77. The number of ketones is 1. The molecule has 0 spiro atoms. The molecule has 1 saturated heterocycles. The van der Waals surface area contributed by atoms with Crippen LogP contribution in [-0.2, 0) is 4.79 Å². The van der Waals surface area contributed by atoms with Gasteiger partial charge in [-0.1, -0.05) is 13.8 Å². The van der Waals surface area contributed by atoms with Crippen molar-refractivity contribution < 1.29 is 4.79 Å². The third-order valence-electron chi connectivity index (χ3n) is 3.39. The summed E-state index contributed by atoms with van der Waals surface area (Å²) in [6, 6.07) is 0. The molecule has 1 aliphatic heterocycles. The molecule has 0 saturated carbocycles. The average molecular weight is 197 g/mol. The number of carbonyl (C=O) groups is 1. The summed E-state index contributed by atoms with van der Waals surface area (Å²) in [6.07, 6.45) is 5.23. The minimum atomic E-state index is 0.324. The van der Waals surface area contributed by atoms with Gasteiger partial charge < -0.3 is 5.32 Å². The highest BCUT2D eigenvalue weighted by Gasteiger charge is 2.20. The Kier molecular flexibility index (Phi) is 5.16. The van der Waals surface area contributed by atoms with E-state index in [0.29, 0.717) is 17.6 Å². The summed E-state index contributed by atoms with van der Waals surface area (Å²) in [7, 11) is 0. The third-order valence-corrected chi connectivity index (χ3v) is 3.39. The Balaban J connectivity index is 2.30. The molecule has 0 aliphatic carbocycles. The van der Waals surface area contributed by atoms with Crippen LogP contribution in [0.3, 0.4) is 0 Å². The predicted molar refractivity (Wildman–Crippen MR) is 59.3 cm³/mol. The van der Waals surface area contributed by atoms with E-state index >= 15 is 0 Å². The second-order valence-corrected chi connectivity index (χ2v) is 4.38. The van der Waals surface area contributed by atoms with Crippen molar-refractivity contribution in [1.29, 1.82) is 0 Å². The molecule has 2 heteroatoms. The summed E-state index contributed by atoms with van der Waals surface area (Å²) in [5, 5.41) is 3.33. The van der Waals surface area contributed by atoms with Crippen LogP contribution in [0.2, 0.25) is 0 Å². The van der Waals surface area contributed by atoms with E-state index in [0.717, 1.165) is 32.4 Å². The van der Waals surface area contributed by atoms with Gasteiger partial charge in [0.25, 0.3) is 0 Å². The van der Waals surface area contributed by atoms with Gasteiger partial charge in [0.1, 0.15) is 5.78 Å². The quantitative estimate of drug-likeness (QED) is 0.733. The third kappa shape index (κ3) is 3.41. The molecule has 1 heterocycles. The number of nitrogens with one attached hydrogen (secondary N) is 1. The predicted octanol–water partition coefficient (Wildman–Crippen LogP) is 2.38. The highest BCUT2D eigenvalue weighted by molar-refractivity contribution is 5.81. The van der Waals surface area contributed by atoms with Crippen molar-refractivity contribution in [2.24, 2.45) is 11.8 Å². The van der Waals surface area contributed by atoms with Crippen LogP contribution in [-0.4, -0.2) is 18.9 Å². The van der Waals surface area contributed by atoms with E-state index < -0.39 is 0 Å². The molecule has 0 radical (unpaired) electrons. The number of Topliss-reactive ketones (excluding diaryl/α,β-unsaturated/α-hetero) is 1. The second kappa shape index (κ2) is 6.18. The smallest absolute Gasteiger partial charge is 0.136 e. The highest BCUT2D eigenvalue weighted by Crippen LogP contribution is 2.20. The van der Waals surface area contributed by atoms with Crippen LogP contribution in [0.15, 0.2) is 0 Å². The van der Waals surface area contributed by atoms with Gasteiger partial charge in [0.15, 0.2) is 0 Å². The lowest BCUT2D eigenvalue weighted by Gasteiger charge is -2.23. The molecular weight excluding hydrogens is 174 g/mol. The maximum atomic E-state index is 11.9. The van der Waals surface area contributed by atoms with Crippen molar-refractivity contribution in [3.05, 3.63) is 0 Å². The van der Waals surface area contributed by atoms with Gasteiger partial charge in [-0.2, -0.15) is 0 Å². The van der Waals surface area contributed by atoms with E-state index in [4.69, 9.17) is 0 Å². The van der Waals surface area contributed by atoms with E-state index in [1.54, 1.807) is 0 Å². The fourth-order valence-corrected chi connectivity index (χ4v) is 2.28. The van der Waals surface area contributed by atoms with E-state index in [1.807, 2.05) is 0 Å². The van der Waals surface area contributed by atoms with Gasteiger partial charge in [-0.25, -0.2) is 0 Å².